The van der Waals surface area contributed by atoms with E-state index in [9.17, 15) is 19.2 Å². The molecule has 0 saturated carbocycles. The molecule has 0 aliphatic carbocycles. The van der Waals surface area contributed by atoms with Crippen LogP contribution in [0.5, 0.6) is 0 Å². The molecule has 0 N–H and O–H groups in total. The summed E-state index contributed by atoms with van der Waals surface area (Å²) < 4.78 is 22.8. The molecule has 0 spiro atoms. The van der Waals surface area contributed by atoms with Crippen molar-refractivity contribution in [1.29, 1.82) is 0 Å². The predicted molar refractivity (Wildman–Crippen MR) is 224 cm³/mol. The van der Waals surface area contributed by atoms with Crippen molar-refractivity contribution >= 4 is 23.9 Å². The van der Waals surface area contributed by atoms with Gasteiger partial charge in [-0.15, -0.1) is 0 Å². The lowest BCUT2D eigenvalue weighted by atomic mass is 9.98. The average Bonchev–Trinajstić information content (AvgIpc) is 3.05. The Labute approximate surface area is 346 Å². The summed E-state index contributed by atoms with van der Waals surface area (Å²) in [5, 5.41) is 0. The summed E-state index contributed by atoms with van der Waals surface area (Å²) in [7, 11) is 0. The molecule has 0 saturated heterocycles. The molecule has 1 atom stereocenters. The summed E-state index contributed by atoms with van der Waals surface area (Å²) in [6, 6.07) is 18.2. The van der Waals surface area contributed by atoms with Gasteiger partial charge in [-0.3, -0.25) is 19.4 Å². The van der Waals surface area contributed by atoms with E-state index in [0.717, 1.165) is 5.56 Å². The van der Waals surface area contributed by atoms with Gasteiger partial charge in [0.05, 0.1) is 24.5 Å². The van der Waals surface area contributed by atoms with Gasteiger partial charge < -0.3 is 18.9 Å². The van der Waals surface area contributed by atoms with Crippen LogP contribution in [0, 0.1) is 0 Å². The van der Waals surface area contributed by atoms with Crippen molar-refractivity contribution in [3.63, 3.8) is 0 Å². The van der Waals surface area contributed by atoms with Gasteiger partial charge >= 0.3 is 23.9 Å². The minimum atomic E-state index is -0.743. The van der Waals surface area contributed by atoms with Crippen molar-refractivity contribution in [2.45, 2.75) is 151 Å². The van der Waals surface area contributed by atoms with Gasteiger partial charge in [-0.25, -0.2) is 19.6 Å². The average molecular weight is 803 g/mol. The molecule has 0 aliphatic heterocycles. The maximum Gasteiger partial charge on any atom is 0.357 e. The molecule has 1 aromatic carbocycles. The summed E-state index contributed by atoms with van der Waals surface area (Å²) in [6.07, 6.45) is 0.475. The van der Waals surface area contributed by atoms with E-state index in [-0.39, 0.29) is 44.1 Å². The standard InChI is InChI=1S/C46H66N4O8/c1-31(2)33-23-21-32(22-24-33)25-36(50(30-40(52)56-44(6,7)8)27-35-18-16-20-38(48-35)42(54)58-46(12,13)14)28-49(29-39(51)55-43(3,4)5)26-34-17-15-19-37(47-34)41(53)57-45(9,10)11/h15-24,31,36H,25-30H2,1-14H3/t36-/m0/s1. The third-order valence-corrected chi connectivity index (χ3v) is 8.21. The number of carbonyl (C=O) groups is 4. The fourth-order valence-electron chi connectivity index (χ4n) is 5.97. The zero-order chi connectivity index (χ0) is 43.6. The van der Waals surface area contributed by atoms with E-state index in [4.69, 9.17) is 18.9 Å². The van der Waals surface area contributed by atoms with Crippen LogP contribution in [0.15, 0.2) is 60.7 Å². The highest BCUT2D eigenvalue weighted by molar-refractivity contribution is 5.88. The first-order valence-corrected chi connectivity index (χ1v) is 20.0. The normalized spacial score (nSPS) is 13.1. The summed E-state index contributed by atoms with van der Waals surface area (Å²) in [6.45, 7) is 26.3. The molecule has 318 valence electrons. The number of hydrogen-bond acceptors (Lipinski definition) is 12. The molecule has 3 aromatic rings. The molecule has 2 aromatic heterocycles. The Balaban J connectivity index is 2.15. The summed E-state index contributed by atoms with van der Waals surface area (Å²) >= 11 is 0. The van der Waals surface area contributed by atoms with Crippen LogP contribution in [-0.4, -0.2) is 91.7 Å². The molecule has 0 amide bonds. The van der Waals surface area contributed by atoms with Crippen molar-refractivity contribution in [3.05, 3.63) is 94.6 Å². The third kappa shape index (κ3) is 17.9. The fourth-order valence-corrected chi connectivity index (χ4v) is 5.97. The molecule has 2 heterocycles. The Morgan fingerprint density at radius 3 is 1.43 bits per heavy atom. The topological polar surface area (TPSA) is 137 Å². The lowest BCUT2D eigenvalue weighted by molar-refractivity contribution is -0.159. The Kier molecular flexibility index (Phi) is 16.3. The second-order valence-corrected chi connectivity index (χ2v) is 19.0. The fraction of sp³-hybridized carbons (Fsp3) is 0.565. The third-order valence-electron chi connectivity index (χ3n) is 8.21. The zero-order valence-electron chi connectivity index (χ0n) is 37.2. The second kappa shape index (κ2) is 19.8. The van der Waals surface area contributed by atoms with Crippen LogP contribution in [0.3, 0.4) is 0 Å². The van der Waals surface area contributed by atoms with Gasteiger partial charge in [0.1, 0.15) is 33.8 Å². The smallest absolute Gasteiger partial charge is 0.357 e. The number of hydrogen-bond donors (Lipinski definition) is 0. The van der Waals surface area contributed by atoms with Gasteiger partial charge in [-0.1, -0.05) is 50.2 Å². The van der Waals surface area contributed by atoms with Crippen LogP contribution < -0.4 is 0 Å². The van der Waals surface area contributed by atoms with Gasteiger partial charge in [0, 0.05) is 25.7 Å². The molecule has 12 heteroatoms. The highest BCUT2D eigenvalue weighted by Crippen LogP contribution is 2.22. The molecule has 0 unspecified atom stereocenters. The summed E-state index contributed by atoms with van der Waals surface area (Å²) in [5.41, 5.74) is 0.675. The lowest BCUT2D eigenvalue weighted by Crippen LogP contribution is -2.49. The zero-order valence-corrected chi connectivity index (χ0v) is 37.2. The van der Waals surface area contributed by atoms with E-state index in [0.29, 0.717) is 23.7 Å². The molecule has 0 radical (unpaired) electrons. The Bertz CT molecular complexity index is 1850. The van der Waals surface area contributed by atoms with Crippen molar-refractivity contribution in [1.82, 2.24) is 19.8 Å². The van der Waals surface area contributed by atoms with E-state index in [1.54, 1.807) is 77.9 Å². The number of aromatic nitrogens is 2. The highest BCUT2D eigenvalue weighted by Gasteiger charge is 2.30. The van der Waals surface area contributed by atoms with Gasteiger partial charge in [0.2, 0.25) is 0 Å². The number of benzene rings is 1. The molecule has 0 fully saturated rings. The largest absolute Gasteiger partial charge is 0.459 e. The Morgan fingerprint density at radius 2 is 1.00 bits per heavy atom. The Morgan fingerprint density at radius 1 is 0.569 bits per heavy atom. The first-order valence-electron chi connectivity index (χ1n) is 20.0. The maximum atomic E-state index is 13.7. The van der Waals surface area contributed by atoms with Gasteiger partial charge in [0.15, 0.2) is 0 Å². The van der Waals surface area contributed by atoms with Crippen LogP contribution in [0.25, 0.3) is 0 Å². The second-order valence-electron chi connectivity index (χ2n) is 19.0. The van der Waals surface area contributed by atoms with E-state index >= 15 is 0 Å². The number of carbonyl (C=O) groups excluding carboxylic acids is 4. The lowest BCUT2D eigenvalue weighted by Gasteiger charge is -2.36. The minimum absolute atomic E-state index is 0.106. The van der Waals surface area contributed by atoms with Crippen LogP contribution >= 0.6 is 0 Å². The van der Waals surface area contributed by atoms with Gasteiger partial charge in [-0.2, -0.15) is 0 Å². The van der Waals surface area contributed by atoms with E-state index in [2.05, 4.69) is 48.1 Å². The van der Waals surface area contributed by atoms with Crippen molar-refractivity contribution in [3.8, 4) is 0 Å². The maximum absolute atomic E-state index is 13.7. The van der Waals surface area contributed by atoms with Crippen molar-refractivity contribution in [2.24, 2.45) is 0 Å². The summed E-state index contributed by atoms with van der Waals surface area (Å²) in [5.74, 6) is -1.66. The first kappa shape index (κ1) is 47.7. The monoisotopic (exact) mass is 802 g/mol. The molecular weight excluding hydrogens is 737 g/mol. The quantitative estimate of drug-likeness (QED) is 0.102. The van der Waals surface area contributed by atoms with Crippen LogP contribution in [0.2, 0.25) is 0 Å². The van der Waals surface area contributed by atoms with Crippen LogP contribution in [0.1, 0.15) is 146 Å². The molecular formula is C46H66N4O8. The SMILES string of the molecule is CC(C)c1ccc(C[C@@H](CN(CC(=O)OC(C)(C)C)Cc2cccc(C(=O)OC(C)(C)C)n2)N(CC(=O)OC(C)(C)C)Cc2cccc(C(=O)OC(C)(C)C)n2)cc1. The van der Waals surface area contributed by atoms with E-state index in [1.807, 2.05) is 51.3 Å². The molecule has 0 aliphatic rings. The molecule has 0 bridgehead atoms. The highest BCUT2D eigenvalue weighted by atomic mass is 16.6. The summed E-state index contributed by atoms with van der Waals surface area (Å²) in [4.78, 5) is 66.5. The minimum Gasteiger partial charge on any atom is -0.459 e. The van der Waals surface area contributed by atoms with Crippen molar-refractivity contribution in [2.75, 3.05) is 19.6 Å². The number of esters is 4. The molecule has 58 heavy (non-hydrogen) atoms. The predicted octanol–water partition coefficient (Wildman–Crippen LogP) is 8.11. The van der Waals surface area contributed by atoms with Crippen LogP contribution in [0.4, 0.5) is 0 Å². The van der Waals surface area contributed by atoms with Crippen LogP contribution in [-0.2, 0) is 48.0 Å². The molecule has 12 nitrogen and oxygen atoms in total. The number of ether oxygens (including phenoxy) is 4. The molecule has 3 rings (SSSR count). The number of nitrogens with zero attached hydrogens (tertiary/aromatic N) is 4. The van der Waals surface area contributed by atoms with E-state index in [1.165, 1.54) is 5.56 Å². The Hall–Kier alpha value is -4.68. The van der Waals surface area contributed by atoms with Gasteiger partial charge in [-0.05, 0) is 131 Å². The van der Waals surface area contributed by atoms with E-state index < -0.39 is 52.3 Å². The van der Waals surface area contributed by atoms with Crippen molar-refractivity contribution < 1.29 is 38.1 Å². The van der Waals surface area contributed by atoms with Gasteiger partial charge in [0.25, 0.3) is 0 Å². The number of rotatable bonds is 16. The first-order chi connectivity index (χ1) is 26.6. The number of pyridine rings is 2.